The zero-order chi connectivity index (χ0) is 13.0. The highest BCUT2D eigenvalue weighted by Crippen LogP contribution is 2.18. The van der Waals surface area contributed by atoms with Crippen LogP contribution in [0.2, 0.25) is 0 Å². The highest BCUT2D eigenvalue weighted by Gasteiger charge is 2.13. The van der Waals surface area contributed by atoms with Crippen LogP contribution in [0, 0.1) is 17.5 Å². The molecule has 2 N–H and O–H groups in total. The molecule has 0 atom stereocenters. The van der Waals surface area contributed by atoms with Crippen LogP contribution in [0.3, 0.4) is 0 Å². The summed E-state index contributed by atoms with van der Waals surface area (Å²) in [5.74, 6) is -4.12. The minimum Gasteiger partial charge on any atom is -0.322 e. The first-order valence-electron chi connectivity index (χ1n) is 5.08. The third-order valence-corrected chi connectivity index (χ3v) is 1.94. The Hall–Kier alpha value is -1.56. The van der Waals surface area contributed by atoms with Crippen LogP contribution in [0.4, 0.5) is 18.9 Å². The fourth-order valence-electron chi connectivity index (χ4n) is 1.14. The molecule has 0 bridgehead atoms. The van der Waals surface area contributed by atoms with Crippen LogP contribution in [0.1, 0.15) is 13.8 Å². The van der Waals surface area contributed by atoms with Gasteiger partial charge in [0.25, 0.3) is 0 Å². The largest absolute Gasteiger partial charge is 0.322 e. The fraction of sp³-hybridized carbons (Fsp3) is 0.364. The van der Waals surface area contributed by atoms with E-state index in [9.17, 15) is 18.0 Å². The van der Waals surface area contributed by atoms with E-state index < -0.39 is 29.0 Å². The number of amides is 1. The molecule has 0 heterocycles. The number of anilines is 1. The van der Waals surface area contributed by atoms with E-state index in [4.69, 9.17) is 0 Å². The molecule has 0 aromatic heterocycles. The van der Waals surface area contributed by atoms with E-state index in [2.05, 4.69) is 10.6 Å². The second-order valence-corrected chi connectivity index (χ2v) is 3.83. The maximum atomic E-state index is 13.2. The molecule has 0 aliphatic heterocycles. The molecule has 3 nitrogen and oxygen atoms in total. The molecule has 94 valence electrons. The van der Waals surface area contributed by atoms with Gasteiger partial charge in [-0.25, -0.2) is 13.2 Å². The average Bonchev–Trinajstić information content (AvgIpc) is 2.22. The Bertz CT molecular complexity index is 421. The Morgan fingerprint density at radius 2 is 1.94 bits per heavy atom. The number of benzene rings is 1. The second kappa shape index (κ2) is 5.67. The number of carbonyl (C=O) groups is 1. The molecular formula is C11H13F3N2O. The highest BCUT2D eigenvalue weighted by atomic mass is 19.2. The Morgan fingerprint density at radius 1 is 1.29 bits per heavy atom. The first-order chi connectivity index (χ1) is 7.90. The molecule has 1 amide bonds. The van der Waals surface area contributed by atoms with Gasteiger partial charge in [0.2, 0.25) is 5.91 Å². The van der Waals surface area contributed by atoms with Gasteiger partial charge in [0.1, 0.15) is 5.82 Å². The second-order valence-electron chi connectivity index (χ2n) is 3.83. The Balaban J connectivity index is 2.71. The minimum absolute atomic E-state index is 0.0603. The Labute approximate surface area is 97.0 Å². The standard InChI is InChI=1S/C11H13F3N2O/c1-6(2)15-5-10(17)16-9-4-7(12)3-8(13)11(9)14/h3-4,6,15H,5H2,1-2H3,(H,16,17). The monoisotopic (exact) mass is 246 g/mol. The Kier molecular flexibility index (Phi) is 4.51. The van der Waals surface area contributed by atoms with Crippen molar-refractivity contribution in [1.29, 1.82) is 0 Å². The molecule has 17 heavy (non-hydrogen) atoms. The van der Waals surface area contributed by atoms with E-state index in [1.807, 2.05) is 13.8 Å². The molecule has 0 aliphatic rings. The van der Waals surface area contributed by atoms with Crippen LogP contribution in [0.25, 0.3) is 0 Å². The zero-order valence-electron chi connectivity index (χ0n) is 9.48. The quantitative estimate of drug-likeness (QED) is 0.798. The number of nitrogens with one attached hydrogen (secondary N) is 2. The van der Waals surface area contributed by atoms with Crippen molar-refractivity contribution in [2.75, 3.05) is 11.9 Å². The van der Waals surface area contributed by atoms with Crippen LogP contribution in [0.15, 0.2) is 12.1 Å². The summed E-state index contributed by atoms with van der Waals surface area (Å²) in [6.45, 7) is 3.60. The van der Waals surface area contributed by atoms with Crippen molar-refractivity contribution >= 4 is 11.6 Å². The van der Waals surface area contributed by atoms with Crippen LogP contribution in [-0.2, 0) is 4.79 Å². The maximum absolute atomic E-state index is 13.2. The van der Waals surface area contributed by atoms with Crippen molar-refractivity contribution < 1.29 is 18.0 Å². The van der Waals surface area contributed by atoms with Gasteiger partial charge in [0.05, 0.1) is 12.2 Å². The SMILES string of the molecule is CC(C)NCC(=O)Nc1cc(F)cc(F)c1F. The van der Waals surface area contributed by atoms with Gasteiger partial charge in [-0.2, -0.15) is 0 Å². The number of rotatable bonds is 4. The van der Waals surface area contributed by atoms with Crippen molar-refractivity contribution in [2.45, 2.75) is 19.9 Å². The van der Waals surface area contributed by atoms with Gasteiger partial charge >= 0.3 is 0 Å². The van der Waals surface area contributed by atoms with E-state index in [1.165, 1.54) is 0 Å². The molecule has 0 unspecified atom stereocenters. The third-order valence-electron chi connectivity index (χ3n) is 1.94. The number of hydrogen-bond donors (Lipinski definition) is 2. The average molecular weight is 246 g/mol. The molecule has 0 radical (unpaired) electrons. The van der Waals surface area contributed by atoms with E-state index in [0.717, 1.165) is 6.07 Å². The predicted molar refractivity (Wildman–Crippen MR) is 58.1 cm³/mol. The lowest BCUT2D eigenvalue weighted by Gasteiger charge is -2.09. The molecule has 0 aliphatic carbocycles. The van der Waals surface area contributed by atoms with E-state index in [0.29, 0.717) is 6.07 Å². The number of hydrogen-bond acceptors (Lipinski definition) is 2. The normalized spacial score (nSPS) is 10.7. The van der Waals surface area contributed by atoms with Crippen molar-refractivity contribution in [3.8, 4) is 0 Å². The first-order valence-corrected chi connectivity index (χ1v) is 5.08. The van der Waals surface area contributed by atoms with Gasteiger partial charge in [-0.1, -0.05) is 13.8 Å². The van der Waals surface area contributed by atoms with Crippen molar-refractivity contribution in [3.05, 3.63) is 29.6 Å². The van der Waals surface area contributed by atoms with Gasteiger partial charge in [-0.05, 0) is 0 Å². The zero-order valence-corrected chi connectivity index (χ0v) is 9.48. The summed E-state index contributed by atoms with van der Waals surface area (Å²) in [6.07, 6.45) is 0. The van der Waals surface area contributed by atoms with Crippen molar-refractivity contribution in [3.63, 3.8) is 0 Å². The molecule has 1 aromatic rings. The summed E-state index contributed by atoms with van der Waals surface area (Å²) in [6, 6.07) is 1.22. The molecule has 0 saturated heterocycles. The minimum atomic E-state index is -1.34. The molecular weight excluding hydrogens is 233 g/mol. The smallest absolute Gasteiger partial charge is 0.238 e. The van der Waals surface area contributed by atoms with Gasteiger partial charge in [-0.15, -0.1) is 0 Å². The van der Waals surface area contributed by atoms with Gasteiger partial charge in [-0.3, -0.25) is 4.79 Å². The van der Waals surface area contributed by atoms with E-state index in [1.54, 1.807) is 0 Å². The van der Waals surface area contributed by atoms with Crippen molar-refractivity contribution in [2.24, 2.45) is 0 Å². The predicted octanol–water partition coefficient (Wildman–Crippen LogP) is 2.04. The lowest BCUT2D eigenvalue weighted by atomic mass is 10.2. The van der Waals surface area contributed by atoms with Crippen LogP contribution in [-0.4, -0.2) is 18.5 Å². The first kappa shape index (κ1) is 13.5. The molecule has 0 fully saturated rings. The fourth-order valence-corrected chi connectivity index (χ4v) is 1.14. The van der Waals surface area contributed by atoms with Crippen LogP contribution < -0.4 is 10.6 Å². The molecule has 1 aromatic carbocycles. The van der Waals surface area contributed by atoms with E-state index >= 15 is 0 Å². The molecule has 1 rings (SSSR count). The number of halogens is 3. The van der Waals surface area contributed by atoms with Gasteiger partial charge in [0, 0.05) is 18.2 Å². The van der Waals surface area contributed by atoms with Crippen molar-refractivity contribution in [1.82, 2.24) is 5.32 Å². The highest BCUT2D eigenvalue weighted by molar-refractivity contribution is 5.92. The van der Waals surface area contributed by atoms with E-state index in [-0.39, 0.29) is 12.6 Å². The Morgan fingerprint density at radius 3 is 2.53 bits per heavy atom. The van der Waals surface area contributed by atoms with Gasteiger partial charge in [0.15, 0.2) is 11.6 Å². The molecule has 0 saturated carbocycles. The summed E-state index contributed by atoms with van der Waals surface area (Å²) < 4.78 is 38.8. The van der Waals surface area contributed by atoms with Gasteiger partial charge < -0.3 is 10.6 Å². The molecule has 0 spiro atoms. The van der Waals surface area contributed by atoms with Crippen LogP contribution >= 0.6 is 0 Å². The summed E-state index contributed by atoms with van der Waals surface area (Å²) in [4.78, 5) is 11.3. The summed E-state index contributed by atoms with van der Waals surface area (Å²) in [5, 5.41) is 4.88. The maximum Gasteiger partial charge on any atom is 0.238 e. The summed E-state index contributed by atoms with van der Waals surface area (Å²) in [5.41, 5.74) is -0.502. The summed E-state index contributed by atoms with van der Waals surface area (Å²) in [7, 11) is 0. The third kappa shape index (κ3) is 4.07. The van der Waals surface area contributed by atoms with Crippen LogP contribution in [0.5, 0.6) is 0 Å². The molecule has 6 heteroatoms. The topological polar surface area (TPSA) is 41.1 Å². The summed E-state index contributed by atoms with van der Waals surface area (Å²) >= 11 is 0. The lowest BCUT2D eigenvalue weighted by Crippen LogP contribution is -2.32. The number of carbonyl (C=O) groups excluding carboxylic acids is 1. The lowest BCUT2D eigenvalue weighted by molar-refractivity contribution is -0.115.